The summed E-state index contributed by atoms with van der Waals surface area (Å²) in [4.78, 5) is 18.1. The van der Waals surface area contributed by atoms with Crippen LogP contribution in [0.2, 0.25) is 0 Å². The van der Waals surface area contributed by atoms with Gasteiger partial charge in [0.05, 0.1) is 24.1 Å². The molecule has 0 aromatic carbocycles. The molecule has 0 amide bonds. The highest BCUT2D eigenvalue weighted by Crippen LogP contribution is 2.06. The fourth-order valence-corrected chi connectivity index (χ4v) is 1.78. The molecule has 2 aromatic rings. The lowest BCUT2D eigenvalue weighted by Crippen LogP contribution is -2.24. The van der Waals surface area contributed by atoms with Crippen molar-refractivity contribution in [3.63, 3.8) is 0 Å². The van der Waals surface area contributed by atoms with Crippen molar-refractivity contribution in [1.29, 1.82) is 0 Å². The van der Waals surface area contributed by atoms with Gasteiger partial charge in [0, 0.05) is 26.4 Å². The van der Waals surface area contributed by atoms with Gasteiger partial charge in [-0.05, 0) is 17.7 Å². The molecule has 0 fully saturated rings. The summed E-state index contributed by atoms with van der Waals surface area (Å²) in [5.41, 5.74) is 7.55. The predicted molar refractivity (Wildman–Crippen MR) is 82.1 cm³/mol. The van der Waals surface area contributed by atoms with Crippen molar-refractivity contribution in [3.05, 3.63) is 52.2 Å². The average molecular weight is 289 g/mol. The van der Waals surface area contributed by atoms with Crippen LogP contribution in [0.5, 0.6) is 0 Å². The van der Waals surface area contributed by atoms with E-state index >= 15 is 0 Å². The molecule has 0 spiro atoms. The molecule has 6 nitrogen and oxygen atoms in total. The van der Waals surface area contributed by atoms with Gasteiger partial charge in [0.1, 0.15) is 4.99 Å². The van der Waals surface area contributed by atoms with E-state index in [0.29, 0.717) is 12.2 Å². The van der Waals surface area contributed by atoms with E-state index in [1.54, 1.807) is 30.6 Å². The summed E-state index contributed by atoms with van der Waals surface area (Å²) in [7, 11) is 3.72. The second-order valence-corrected chi connectivity index (χ2v) is 4.96. The summed E-state index contributed by atoms with van der Waals surface area (Å²) < 4.78 is 1.38. The number of hydrogen-bond donors (Lipinski definition) is 1. The molecule has 0 unspecified atom stereocenters. The molecule has 0 bridgehead atoms. The van der Waals surface area contributed by atoms with Gasteiger partial charge in [-0.15, -0.1) is 0 Å². The Morgan fingerprint density at radius 1 is 1.45 bits per heavy atom. The van der Waals surface area contributed by atoms with Gasteiger partial charge >= 0.3 is 0 Å². The molecule has 104 valence electrons. The smallest absolute Gasteiger partial charge is 0.269 e. The third-order valence-corrected chi connectivity index (χ3v) is 2.99. The van der Waals surface area contributed by atoms with Crippen molar-refractivity contribution >= 4 is 22.9 Å². The molecule has 2 aromatic heterocycles. The van der Waals surface area contributed by atoms with Crippen LogP contribution in [-0.2, 0) is 6.54 Å². The molecule has 2 N–H and O–H groups in total. The first-order chi connectivity index (χ1) is 9.47. The van der Waals surface area contributed by atoms with Crippen LogP contribution < -0.4 is 16.2 Å². The van der Waals surface area contributed by atoms with Crippen LogP contribution in [0.4, 0.5) is 5.69 Å². The second kappa shape index (κ2) is 5.79. The van der Waals surface area contributed by atoms with Crippen LogP contribution in [-0.4, -0.2) is 33.8 Å². The third-order valence-electron chi connectivity index (χ3n) is 2.78. The second-order valence-electron chi connectivity index (χ2n) is 4.52. The molecule has 7 heteroatoms. The van der Waals surface area contributed by atoms with Crippen molar-refractivity contribution in [2.45, 2.75) is 6.54 Å². The van der Waals surface area contributed by atoms with E-state index in [9.17, 15) is 4.79 Å². The van der Waals surface area contributed by atoms with Crippen LogP contribution in [0, 0.1) is 0 Å². The highest BCUT2D eigenvalue weighted by molar-refractivity contribution is 7.80. The van der Waals surface area contributed by atoms with E-state index in [1.165, 1.54) is 4.68 Å². The highest BCUT2D eigenvalue weighted by atomic mass is 32.1. The van der Waals surface area contributed by atoms with E-state index in [-0.39, 0.29) is 10.5 Å². The van der Waals surface area contributed by atoms with E-state index in [1.807, 2.05) is 19.0 Å². The minimum atomic E-state index is -0.162. The molecule has 0 saturated heterocycles. The van der Waals surface area contributed by atoms with Crippen molar-refractivity contribution in [3.8, 4) is 0 Å². The quantitative estimate of drug-likeness (QED) is 0.820. The van der Waals surface area contributed by atoms with Gasteiger partial charge in [0.2, 0.25) is 0 Å². The van der Waals surface area contributed by atoms with Gasteiger partial charge < -0.3 is 10.6 Å². The molecule has 2 heterocycles. The standard InChI is InChI=1S/C13H15N5OS/c1-17(2)10-6-12(19)18(16-7-10)8-9-3-4-15-11(5-9)13(14)20/h3-7H,8H2,1-2H3,(H2,14,20). The average Bonchev–Trinajstić information content (AvgIpc) is 2.41. The summed E-state index contributed by atoms with van der Waals surface area (Å²) in [6.07, 6.45) is 3.26. The van der Waals surface area contributed by atoms with Crippen LogP contribution >= 0.6 is 12.2 Å². The predicted octanol–water partition coefficient (Wildman–Crippen LogP) is 0.387. The summed E-state index contributed by atoms with van der Waals surface area (Å²) in [6.45, 7) is 0.352. The van der Waals surface area contributed by atoms with Crippen LogP contribution in [0.25, 0.3) is 0 Å². The molecule has 0 aliphatic rings. The molecule has 0 atom stereocenters. The summed E-state index contributed by atoms with van der Waals surface area (Å²) >= 11 is 4.88. The first-order valence-electron chi connectivity index (χ1n) is 5.96. The van der Waals surface area contributed by atoms with Crippen molar-refractivity contribution in [2.24, 2.45) is 5.73 Å². The first kappa shape index (κ1) is 14.1. The molecule has 2 rings (SSSR count). The zero-order chi connectivity index (χ0) is 14.7. The molecule has 0 aliphatic carbocycles. The Morgan fingerprint density at radius 2 is 2.20 bits per heavy atom. The maximum Gasteiger partial charge on any atom is 0.269 e. The first-order valence-corrected chi connectivity index (χ1v) is 6.37. The Hall–Kier alpha value is -2.28. The Morgan fingerprint density at radius 3 is 2.80 bits per heavy atom. The van der Waals surface area contributed by atoms with E-state index in [4.69, 9.17) is 18.0 Å². The Balaban J connectivity index is 2.28. The molecule has 20 heavy (non-hydrogen) atoms. The number of pyridine rings is 1. The zero-order valence-corrected chi connectivity index (χ0v) is 12.1. The normalized spacial score (nSPS) is 10.3. The number of rotatable bonds is 4. The van der Waals surface area contributed by atoms with Gasteiger partial charge in [0.15, 0.2) is 0 Å². The van der Waals surface area contributed by atoms with Crippen LogP contribution in [0.3, 0.4) is 0 Å². The lowest BCUT2D eigenvalue weighted by Gasteiger charge is -2.12. The number of hydrogen-bond acceptors (Lipinski definition) is 5. The maximum atomic E-state index is 12.0. The largest absolute Gasteiger partial charge is 0.388 e. The van der Waals surface area contributed by atoms with E-state index in [0.717, 1.165) is 11.3 Å². The lowest BCUT2D eigenvalue weighted by atomic mass is 10.2. The number of aromatic nitrogens is 3. The highest BCUT2D eigenvalue weighted by Gasteiger charge is 2.05. The summed E-state index contributed by atoms with van der Waals surface area (Å²) in [5, 5.41) is 4.15. The van der Waals surface area contributed by atoms with Crippen molar-refractivity contribution in [2.75, 3.05) is 19.0 Å². The molecular weight excluding hydrogens is 274 g/mol. The fraction of sp³-hybridized carbons (Fsp3) is 0.231. The Labute approximate surface area is 121 Å². The molecule has 0 aliphatic heterocycles. The minimum Gasteiger partial charge on any atom is -0.388 e. The third kappa shape index (κ3) is 3.18. The topological polar surface area (TPSA) is 77.0 Å². The van der Waals surface area contributed by atoms with Crippen LogP contribution in [0.15, 0.2) is 35.4 Å². The van der Waals surface area contributed by atoms with Crippen LogP contribution in [0.1, 0.15) is 11.3 Å². The summed E-state index contributed by atoms with van der Waals surface area (Å²) in [6, 6.07) is 5.11. The van der Waals surface area contributed by atoms with Crippen molar-refractivity contribution in [1.82, 2.24) is 14.8 Å². The molecular formula is C13H15N5OS. The lowest BCUT2D eigenvalue weighted by molar-refractivity contribution is 0.637. The SMILES string of the molecule is CN(C)c1cnn(Cc2ccnc(C(N)=S)c2)c(=O)c1. The Bertz CT molecular complexity index is 695. The van der Waals surface area contributed by atoms with E-state index < -0.39 is 0 Å². The van der Waals surface area contributed by atoms with Gasteiger partial charge in [-0.3, -0.25) is 9.78 Å². The fourth-order valence-electron chi connectivity index (χ4n) is 1.67. The Kier molecular flexibility index (Phi) is 4.09. The van der Waals surface area contributed by atoms with Gasteiger partial charge in [-0.1, -0.05) is 12.2 Å². The number of thiocarbonyl (C=S) groups is 1. The number of nitrogens with zero attached hydrogens (tertiary/aromatic N) is 4. The number of nitrogens with two attached hydrogens (primary N) is 1. The van der Waals surface area contributed by atoms with Gasteiger partial charge in [0.25, 0.3) is 5.56 Å². The minimum absolute atomic E-state index is 0.162. The van der Waals surface area contributed by atoms with E-state index in [2.05, 4.69) is 10.1 Å². The number of anilines is 1. The maximum absolute atomic E-state index is 12.0. The summed E-state index contributed by atoms with van der Waals surface area (Å²) in [5.74, 6) is 0. The zero-order valence-electron chi connectivity index (χ0n) is 11.3. The molecule has 0 saturated carbocycles. The monoisotopic (exact) mass is 289 g/mol. The van der Waals surface area contributed by atoms with Crippen molar-refractivity contribution < 1.29 is 0 Å². The van der Waals surface area contributed by atoms with Gasteiger partial charge in [-0.2, -0.15) is 5.10 Å². The van der Waals surface area contributed by atoms with Gasteiger partial charge in [-0.25, -0.2) is 4.68 Å². The molecule has 0 radical (unpaired) electrons.